The standard InChI is InChI=1S/C17H17ClN6O/c18-13-3-1-4-14(8-13)23-17-22-11-21-16(24-17)12-7-15(10-19-9-12)20-5-2-6-25/h1,3-4,7-11,20,25H,2,5-6H2,(H,21,22,23,24). The van der Waals surface area contributed by atoms with Gasteiger partial charge < -0.3 is 15.7 Å². The summed E-state index contributed by atoms with van der Waals surface area (Å²) in [6.07, 6.45) is 5.52. The predicted octanol–water partition coefficient (Wildman–Crippen LogP) is 3.12. The molecule has 0 spiro atoms. The van der Waals surface area contributed by atoms with Gasteiger partial charge in [0.2, 0.25) is 5.95 Å². The molecule has 0 saturated carbocycles. The average molecular weight is 357 g/mol. The Hall–Kier alpha value is -2.77. The van der Waals surface area contributed by atoms with Crippen LogP contribution >= 0.6 is 11.6 Å². The monoisotopic (exact) mass is 356 g/mol. The molecular weight excluding hydrogens is 340 g/mol. The first kappa shape index (κ1) is 17.1. The van der Waals surface area contributed by atoms with Gasteiger partial charge in [-0.25, -0.2) is 9.97 Å². The first-order valence-electron chi connectivity index (χ1n) is 7.76. The van der Waals surface area contributed by atoms with Gasteiger partial charge in [0.25, 0.3) is 0 Å². The molecule has 8 heteroatoms. The predicted molar refractivity (Wildman–Crippen MR) is 98.0 cm³/mol. The summed E-state index contributed by atoms with van der Waals surface area (Å²) in [4.78, 5) is 17.0. The van der Waals surface area contributed by atoms with Crippen molar-refractivity contribution in [3.05, 3.63) is 54.1 Å². The van der Waals surface area contributed by atoms with E-state index >= 15 is 0 Å². The van der Waals surface area contributed by atoms with Gasteiger partial charge in [0, 0.05) is 41.8 Å². The minimum absolute atomic E-state index is 0.145. The lowest BCUT2D eigenvalue weighted by atomic mass is 10.2. The van der Waals surface area contributed by atoms with Crippen molar-refractivity contribution in [3.8, 4) is 11.4 Å². The molecule has 0 aliphatic carbocycles. The molecule has 3 aromatic rings. The molecule has 0 saturated heterocycles. The van der Waals surface area contributed by atoms with Crippen molar-refractivity contribution in [2.75, 3.05) is 23.8 Å². The van der Waals surface area contributed by atoms with E-state index in [4.69, 9.17) is 16.7 Å². The highest BCUT2D eigenvalue weighted by atomic mass is 35.5. The SMILES string of the molecule is OCCCNc1cncc(-c2ncnc(Nc3cccc(Cl)c3)n2)c1. The Kier molecular flexibility index (Phi) is 5.71. The van der Waals surface area contributed by atoms with E-state index in [2.05, 4.69) is 30.6 Å². The Morgan fingerprint density at radius 2 is 2.00 bits per heavy atom. The Balaban J connectivity index is 1.78. The maximum absolute atomic E-state index is 8.85. The first-order chi connectivity index (χ1) is 12.2. The molecule has 2 aromatic heterocycles. The third kappa shape index (κ3) is 4.85. The number of aromatic nitrogens is 4. The molecule has 0 aliphatic heterocycles. The number of nitrogens with one attached hydrogen (secondary N) is 2. The summed E-state index contributed by atoms with van der Waals surface area (Å²) >= 11 is 5.98. The molecule has 0 atom stereocenters. The van der Waals surface area contributed by atoms with E-state index in [9.17, 15) is 0 Å². The van der Waals surface area contributed by atoms with Crippen LogP contribution in [0.25, 0.3) is 11.4 Å². The summed E-state index contributed by atoms with van der Waals surface area (Å²) in [5.74, 6) is 0.934. The zero-order chi connectivity index (χ0) is 17.5. The number of benzene rings is 1. The fourth-order valence-electron chi connectivity index (χ4n) is 2.16. The number of aliphatic hydroxyl groups excluding tert-OH is 1. The van der Waals surface area contributed by atoms with Crippen LogP contribution in [-0.2, 0) is 0 Å². The van der Waals surface area contributed by atoms with Gasteiger partial charge in [0.15, 0.2) is 5.82 Å². The summed E-state index contributed by atoms with van der Waals surface area (Å²) < 4.78 is 0. The van der Waals surface area contributed by atoms with Crippen LogP contribution in [0, 0.1) is 0 Å². The maximum Gasteiger partial charge on any atom is 0.230 e. The molecule has 128 valence electrons. The number of anilines is 3. The molecule has 25 heavy (non-hydrogen) atoms. The van der Waals surface area contributed by atoms with Gasteiger partial charge in [0.1, 0.15) is 6.33 Å². The van der Waals surface area contributed by atoms with Gasteiger partial charge in [-0.05, 0) is 30.7 Å². The lowest BCUT2D eigenvalue weighted by molar-refractivity contribution is 0.292. The average Bonchev–Trinajstić information content (AvgIpc) is 2.63. The van der Waals surface area contributed by atoms with Gasteiger partial charge >= 0.3 is 0 Å². The number of rotatable bonds is 7. The molecule has 3 rings (SSSR count). The van der Waals surface area contributed by atoms with E-state index in [0.717, 1.165) is 16.9 Å². The van der Waals surface area contributed by atoms with Crippen LogP contribution in [0.5, 0.6) is 0 Å². The summed E-state index contributed by atoms with van der Waals surface area (Å²) in [5.41, 5.74) is 2.41. The quantitative estimate of drug-likeness (QED) is 0.559. The molecule has 2 heterocycles. The summed E-state index contributed by atoms with van der Waals surface area (Å²) in [6.45, 7) is 0.812. The van der Waals surface area contributed by atoms with E-state index in [1.165, 1.54) is 6.33 Å². The number of nitrogens with zero attached hydrogens (tertiary/aromatic N) is 4. The van der Waals surface area contributed by atoms with Crippen LogP contribution in [0.15, 0.2) is 49.1 Å². The van der Waals surface area contributed by atoms with Crippen molar-refractivity contribution in [2.45, 2.75) is 6.42 Å². The molecule has 0 amide bonds. The fraction of sp³-hybridized carbons (Fsp3) is 0.176. The van der Waals surface area contributed by atoms with Gasteiger partial charge in [-0.3, -0.25) is 4.98 Å². The van der Waals surface area contributed by atoms with Crippen LogP contribution in [0.1, 0.15) is 6.42 Å². The molecule has 0 fully saturated rings. The number of halogens is 1. The maximum atomic E-state index is 8.85. The van der Waals surface area contributed by atoms with E-state index in [1.807, 2.05) is 18.2 Å². The van der Waals surface area contributed by atoms with Gasteiger partial charge in [-0.1, -0.05) is 17.7 Å². The fourth-order valence-corrected chi connectivity index (χ4v) is 2.35. The second kappa shape index (κ2) is 8.36. The van der Waals surface area contributed by atoms with Crippen molar-refractivity contribution in [2.24, 2.45) is 0 Å². The Labute approximate surface area is 150 Å². The lowest BCUT2D eigenvalue weighted by Crippen LogP contribution is -2.04. The number of pyridine rings is 1. The minimum Gasteiger partial charge on any atom is -0.396 e. The largest absolute Gasteiger partial charge is 0.396 e. The Bertz CT molecular complexity index is 845. The van der Waals surface area contributed by atoms with Crippen LogP contribution in [-0.4, -0.2) is 38.2 Å². The first-order valence-corrected chi connectivity index (χ1v) is 8.14. The summed E-state index contributed by atoms with van der Waals surface area (Å²) in [6, 6.07) is 9.22. The Morgan fingerprint density at radius 1 is 1.08 bits per heavy atom. The van der Waals surface area contributed by atoms with E-state index < -0.39 is 0 Å². The van der Waals surface area contributed by atoms with Crippen molar-refractivity contribution in [1.29, 1.82) is 0 Å². The second-order valence-corrected chi connectivity index (χ2v) is 5.67. The van der Waals surface area contributed by atoms with Crippen LogP contribution in [0.4, 0.5) is 17.3 Å². The molecule has 0 radical (unpaired) electrons. The van der Waals surface area contributed by atoms with Gasteiger partial charge in [-0.15, -0.1) is 0 Å². The zero-order valence-corrected chi connectivity index (χ0v) is 14.1. The minimum atomic E-state index is 0.145. The number of aliphatic hydroxyl groups is 1. The van der Waals surface area contributed by atoms with Crippen LogP contribution < -0.4 is 10.6 Å². The lowest BCUT2D eigenvalue weighted by Gasteiger charge is -2.08. The third-order valence-corrected chi connectivity index (χ3v) is 3.55. The van der Waals surface area contributed by atoms with Gasteiger partial charge in [0.05, 0.1) is 5.69 Å². The molecule has 0 bridgehead atoms. The molecule has 7 nitrogen and oxygen atoms in total. The van der Waals surface area contributed by atoms with E-state index in [1.54, 1.807) is 24.5 Å². The second-order valence-electron chi connectivity index (χ2n) is 5.23. The highest BCUT2D eigenvalue weighted by Gasteiger charge is 2.06. The van der Waals surface area contributed by atoms with Crippen molar-refractivity contribution >= 4 is 28.9 Å². The summed E-state index contributed by atoms with van der Waals surface area (Å²) in [5, 5.41) is 15.8. The summed E-state index contributed by atoms with van der Waals surface area (Å²) in [7, 11) is 0. The zero-order valence-electron chi connectivity index (χ0n) is 13.4. The van der Waals surface area contributed by atoms with Crippen molar-refractivity contribution in [1.82, 2.24) is 19.9 Å². The smallest absolute Gasteiger partial charge is 0.230 e. The normalized spacial score (nSPS) is 10.5. The van der Waals surface area contributed by atoms with E-state index in [0.29, 0.717) is 29.8 Å². The van der Waals surface area contributed by atoms with Crippen LogP contribution in [0.3, 0.4) is 0 Å². The molecule has 1 aromatic carbocycles. The molecule has 0 aliphatic rings. The van der Waals surface area contributed by atoms with Crippen LogP contribution in [0.2, 0.25) is 5.02 Å². The third-order valence-electron chi connectivity index (χ3n) is 3.31. The number of hydrogen-bond donors (Lipinski definition) is 3. The van der Waals surface area contributed by atoms with E-state index in [-0.39, 0.29) is 6.61 Å². The number of hydrogen-bond acceptors (Lipinski definition) is 7. The topological polar surface area (TPSA) is 95.9 Å². The highest BCUT2D eigenvalue weighted by molar-refractivity contribution is 6.30. The molecule has 0 unspecified atom stereocenters. The van der Waals surface area contributed by atoms with Crippen molar-refractivity contribution in [3.63, 3.8) is 0 Å². The molecule has 3 N–H and O–H groups in total. The van der Waals surface area contributed by atoms with Crippen molar-refractivity contribution < 1.29 is 5.11 Å². The highest BCUT2D eigenvalue weighted by Crippen LogP contribution is 2.21. The van der Waals surface area contributed by atoms with Gasteiger partial charge in [-0.2, -0.15) is 4.98 Å². The Morgan fingerprint density at radius 3 is 2.84 bits per heavy atom. The molecular formula is C17H17ClN6O.